The van der Waals surface area contributed by atoms with Gasteiger partial charge in [-0.25, -0.2) is 9.97 Å². The van der Waals surface area contributed by atoms with Gasteiger partial charge in [0.25, 0.3) is 0 Å². The standard InChI is InChI=1S/C10H13N5/c1-2-3-4-5-12-10-14-8-6-11-7-13-9(8)15-10/h4-7H,2-3H2,1H3,(H2,11,12,13,14,15). The molecule has 78 valence electrons. The fourth-order valence-electron chi connectivity index (χ4n) is 1.22. The molecule has 2 heterocycles. The maximum atomic E-state index is 4.24. The number of H-pyrrole nitrogens is 1. The van der Waals surface area contributed by atoms with Gasteiger partial charge in [0.1, 0.15) is 11.8 Å². The van der Waals surface area contributed by atoms with E-state index in [4.69, 9.17) is 0 Å². The number of rotatable bonds is 4. The second-order valence-corrected chi connectivity index (χ2v) is 3.18. The lowest BCUT2D eigenvalue weighted by Gasteiger charge is -1.91. The number of hydrogen-bond donors (Lipinski definition) is 2. The minimum atomic E-state index is 0.677. The molecule has 2 N–H and O–H groups in total. The molecule has 2 rings (SSSR count). The number of nitrogens with one attached hydrogen (secondary N) is 2. The molecule has 0 aliphatic rings. The second kappa shape index (κ2) is 4.54. The highest BCUT2D eigenvalue weighted by Gasteiger charge is 2.00. The second-order valence-electron chi connectivity index (χ2n) is 3.18. The molecule has 0 unspecified atom stereocenters. The molecule has 0 spiro atoms. The van der Waals surface area contributed by atoms with Crippen LogP contribution in [0.15, 0.2) is 24.8 Å². The largest absolute Gasteiger partial charge is 0.333 e. The molecule has 0 atom stereocenters. The fourth-order valence-corrected chi connectivity index (χ4v) is 1.22. The van der Waals surface area contributed by atoms with E-state index in [2.05, 4.69) is 38.3 Å². The van der Waals surface area contributed by atoms with Gasteiger partial charge in [-0.1, -0.05) is 19.4 Å². The van der Waals surface area contributed by atoms with Crippen LogP contribution >= 0.6 is 0 Å². The van der Waals surface area contributed by atoms with Gasteiger partial charge in [0, 0.05) is 0 Å². The molecule has 0 aliphatic carbocycles. The van der Waals surface area contributed by atoms with Crippen LogP contribution in [0.4, 0.5) is 5.95 Å². The molecule has 2 aromatic heterocycles. The van der Waals surface area contributed by atoms with Gasteiger partial charge in [0.15, 0.2) is 5.65 Å². The smallest absolute Gasteiger partial charge is 0.206 e. The van der Waals surface area contributed by atoms with Crippen molar-refractivity contribution in [3.05, 3.63) is 24.8 Å². The normalized spacial score (nSPS) is 11.3. The molecular formula is C10H13N5. The van der Waals surface area contributed by atoms with E-state index >= 15 is 0 Å². The average molecular weight is 203 g/mol. The number of anilines is 1. The molecule has 2 aromatic rings. The van der Waals surface area contributed by atoms with Crippen molar-refractivity contribution in [1.82, 2.24) is 19.9 Å². The number of aromatic amines is 1. The highest BCUT2D eigenvalue weighted by molar-refractivity contribution is 5.71. The molecule has 15 heavy (non-hydrogen) atoms. The van der Waals surface area contributed by atoms with Gasteiger partial charge >= 0.3 is 0 Å². The van der Waals surface area contributed by atoms with Crippen LogP contribution in [0.3, 0.4) is 0 Å². The van der Waals surface area contributed by atoms with Crippen LogP contribution in [0.25, 0.3) is 11.2 Å². The maximum absolute atomic E-state index is 4.24. The zero-order valence-electron chi connectivity index (χ0n) is 8.57. The van der Waals surface area contributed by atoms with Crippen molar-refractivity contribution in [3.8, 4) is 0 Å². The van der Waals surface area contributed by atoms with Crippen LogP contribution in [0.2, 0.25) is 0 Å². The molecule has 0 saturated heterocycles. The van der Waals surface area contributed by atoms with Gasteiger partial charge in [-0.2, -0.15) is 4.98 Å². The molecule has 5 heteroatoms. The van der Waals surface area contributed by atoms with Gasteiger partial charge in [0.05, 0.1) is 6.20 Å². The summed E-state index contributed by atoms with van der Waals surface area (Å²) in [6.45, 7) is 2.14. The molecule has 0 radical (unpaired) electrons. The number of allylic oxidation sites excluding steroid dienone is 1. The summed E-state index contributed by atoms with van der Waals surface area (Å²) in [6.07, 6.45) is 9.35. The summed E-state index contributed by atoms with van der Waals surface area (Å²) >= 11 is 0. The molecule has 0 fully saturated rings. The molecular weight excluding hydrogens is 190 g/mol. The van der Waals surface area contributed by atoms with E-state index in [0.717, 1.165) is 18.4 Å². The molecule has 0 saturated carbocycles. The number of imidazole rings is 1. The quantitative estimate of drug-likeness (QED) is 0.798. The predicted molar refractivity (Wildman–Crippen MR) is 59.4 cm³/mol. The Bertz CT molecular complexity index is 427. The van der Waals surface area contributed by atoms with Crippen molar-refractivity contribution in [2.24, 2.45) is 0 Å². The summed E-state index contributed by atoms with van der Waals surface area (Å²) in [5.74, 6) is 0.692. The third kappa shape index (κ3) is 2.31. The minimum Gasteiger partial charge on any atom is -0.333 e. The zero-order valence-corrected chi connectivity index (χ0v) is 8.57. The zero-order chi connectivity index (χ0) is 10.5. The third-order valence-electron chi connectivity index (χ3n) is 1.96. The first-order valence-corrected chi connectivity index (χ1v) is 4.97. The molecule has 0 amide bonds. The van der Waals surface area contributed by atoms with Crippen LogP contribution in [0.5, 0.6) is 0 Å². The Labute approximate surface area is 87.7 Å². The first kappa shape index (κ1) is 9.64. The van der Waals surface area contributed by atoms with Gasteiger partial charge < -0.3 is 10.3 Å². The Hall–Kier alpha value is -1.91. The van der Waals surface area contributed by atoms with Crippen molar-refractivity contribution in [2.75, 3.05) is 5.32 Å². The summed E-state index contributed by atoms with van der Waals surface area (Å²) in [6, 6.07) is 0. The van der Waals surface area contributed by atoms with Crippen molar-refractivity contribution in [3.63, 3.8) is 0 Å². The molecule has 5 nitrogen and oxygen atoms in total. The lowest BCUT2D eigenvalue weighted by Crippen LogP contribution is -1.88. The summed E-state index contributed by atoms with van der Waals surface area (Å²) in [4.78, 5) is 15.3. The summed E-state index contributed by atoms with van der Waals surface area (Å²) in [7, 11) is 0. The Morgan fingerprint density at radius 2 is 2.47 bits per heavy atom. The fraction of sp³-hybridized carbons (Fsp3) is 0.300. The van der Waals surface area contributed by atoms with E-state index in [0.29, 0.717) is 11.6 Å². The van der Waals surface area contributed by atoms with E-state index in [1.54, 1.807) is 6.20 Å². The first-order chi connectivity index (χ1) is 7.40. The van der Waals surface area contributed by atoms with E-state index in [1.165, 1.54) is 6.33 Å². The van der Waals surface area contributed by atoms with Gasteiger partial charge in [-0.05, 0) is 12.6 Å². The van der Waals surface area contributed by atoms with Crippen molar-refractivity contribution < 1.29 is 0 Å². The van der Waals surface area contributed by atoms with Crippen molar-refractivity contribution >= 4 is 17.1 Å². The number of nitrogens with zero attached hydrogens (tertiary/aromatic N) is 3. The summed E-state index contributed by atoms with van der Waals surface area (Å²) < 4.78 is 0. The monoisotopic (exact) mass is 203 g/mol. The number of aromatic nitrogens is 4. The number of unbranched alkanes of at least 4 members (excludes halogenated alkanes) is 1. The van der Waals surface area contributed by atoms with Crippen molar-refractivity contribution in [2.45, 2.75) is 19.8 Å². The van der Waals surface area contributed by atoms with E-state index in [-0.39, 0.29) is 0 Å². The Balaban J connectivity index is 2.09. The van der Waals surface area contributed by atoms with E-state index in [9.17, 15) is 0 Å². The Morgan fingerprint density at radius 1 is 1.53 bits per heavy atom. The van der Waals surface area contributed by atoms with Crippen LogP contribution in [0.1, 0.15) is 19.8 Å². The van der Waals surface area contributed by atoms with Crippen LogP contribution in [0, 0.1) is 0 Å². The third-order valence-corrected chi connectivity index (χ3v) is 1.96. The molecule has 0 aromatic carbocycles. The SMILES string of the molecule is CCCC=CNc1nc2ncncc2[nH]1. The lowest BCUT2D eigenvalue weighted by atomic mass is 10.3. The van der Waals surface area contributed by atoms with E-state index in [1.807, 2.05) is 6.20 Å². The average Bonchev–Trinajstić information content (AvgIpc) is 2.67. The van der Waals surface area contributed by atoms with Crippen molar-refractivity contribution in [1.29, 1.82) is 0 Å². The van der Waals surface area contributed by atoms with Gasteiger partial charge in [-0.3, -0.25) is 0 Å². The first-order valence-electron chi connectivity index (χ1n) is 4.97. The molecule has 0 aliphatic heterocycles. The van der Waals surface area contributed by atoms with Gasteiger partial charge in [0.2, 0.25) is 5.95 Å². The van der Waals surface area contributed by atoms with Crippen LogP contribution < -0.4 is 5.32 Å². The lowest BCUT2D eigenvalue weighted by molar-refractivity contribution is 0.957. The number of hydrogen-bond acceptors (Lipinski definition) is 4. The van der Waals surface area contributed by atoms with E-state index < -0.39 is 0 Å². The van der Waals surface area contributed by atoms with Gasteiger partial charge in [-0.15, -0.1) is 0 Å². The minimum absolute atomic E-state index is 0.677. The number of fused-ring (bicyclic) bond motifs is 1. The topological polar surface area (TPSA) is 66.5 Å². The van der Waals surface area contributed by atoms with Crippen LogP contribution in [-0.4, -0.2) is 19.9 Å². The highest BCUT2D eigenvalue weighted by atomic mass is 15.1. The maximum Gasteiger partial charge on any atom is 0.206 e. The summed E-state index contributed by atoms with van der Waals surface area (Å²) in [5.41, 5.74) is 1.51. The predicted octanol–water partition coefficient (Wildman–Crippen LogP) is 2.08. The highest BCUT2D eigenvalue weighted by Crippen LogP contribution is 2.09. The Morgan fingerprint density at radius 3 is 3.27 bits per heavy atom. The van der Waals surface area contributed by atoms with Crippen LogP contribution in [-0.2, 0) is 0 Å². The summed E-state index contributed by atoms with van der Waals surface area (Å²) in [5, 5.41) is 3.05. The molecule has 0 bridgehead atoms. The Kier molecular flexibility index (Phi) is 2.92.